The fourth-order valence-corrected chi connectivity index (χ4v) is 4.03. The zero-order valence-corrected chi connectivity index (χ0v) is 18.0. The average molecular weight is 457 g/mol. The summed E-state index contributed by atoms with van der Waals surface area (Å²) in [6.45, 7) is 0.999. The Bertz CT molecular complexity index is 677. The largest absolute Gasteiger partial charge is 0.469 e. The number of carbonyl (C=O) groups excluding carboxylic acids is 3. The van der Waals surface area contributed by atoms with Crippen LogP contribution >= 0.6 is 27.7 Å². The van der Waals surface area contributed by atoms with Gasteiger partial charge in [0.15, 0.2) is 0 Å². The number of thioether (sulfide) groups is 1. The summed E-state index contributed by atoms with van der Waals surface area (Å²) in [5, 5.41) is 2.89. The summed E-state index contributed by atoms with van der Waals surface area (Å²) in [6.07, 6.45) is 3.71. The lowest BCUT2D eigenvalue weighted by atomic mass is 9.96. The Morgan fingerprint density at radius 3 is 2.56 bits per heavy atom. The predicted octanol–water partition coefficient (Wildman–Crippen LogP) is 2.71. The molecular formula is C19H25BrN2O4S. The van der Waals surface area contributed by atoms with Crippen LogP contribution in [0.1, 0.15) is 29.6 Å². The molecule has 27 heavy (non-hydrogen) atoms. The molecule has 6 nitrogen and oxygen atoms in total. The van der Waals surface area contributed by atoms with E-state index in [2.05, 4.69) is 21.2 Å². The van der Waals surface area contributed by atoms with Gasteiger partial charge < -0.3 is 15.0 Å². The predicted molar refractivity (Wildman–Crippen MR) is 110 cm³/mol. The summed E-state index contributed by atoms with van der Waals surface area (Å²) in [7, 11) is 1.38. The number of halogens is 1. The number of carbonyl (C=O) groups is 3. The maximum Gasteiger partial charge on any atom is 0.308 e. The van der Waals surface area contributed by atoms with Gasteiger partial charge >= 0.3 is 5.97 Å². The molecule has 1 aromatic carbocycles. The van der Waals surface area contributed by atoms with Gasteiger partial charge in [-0.25, -0.2) is 0 Å². The van der Waals surface area contributed by atoms with Crippen molar-refractivity contribution in [2.24, 2.45) is 5.92 Å². The molecule has 2 amide bonds. The number of piperidine rings is 1. The lowest BCUT2D eigenvalue weighted by molar-refractivity contribution is -0.149. The van der Waals surface area contributed by atoms with Crippen LogP contribution in [0.5, 0.6) is 0 Å². The van der Waals surface area contributed by atoms with Crippen molar-refractivity contribution < 1.29 is 19.1 Å². The van der Waals surface area contributed by atoms with E-state index in [1.165, 1.54) is 7.11 Å². The van der Waals surface area contributed by atoms with Gasteiger partial charge in [0, 0.05) is 17.6 Å². The molecule has 1 saturated heterocycles. The number of nitrogens with one attached hydrogen (secondary N) is 1. The van der Waals surface area contributed by atoms with E-state index >= 15 is 0 Å². The fourth-order valence-electron chi connectivity index (χ4n) is 3.10. The summed E-state index contributed by atoms with van der Waals surface area (Å²) in [6, 6.07) is 6.56. The topological polar surface area (TPSA) is 75.7 Å². The Morgan fingerprint density at radius 1 is 1.30 bits per heavy atom. The van der Waals surface area contributed by atoms with Crippen LogP contribution in [-0.2, 0) is 14.3 Å². The van der Waals surface area contributed by atoms with E-state index in [0.717, 1.165) is 5.75 Å². The van der Waals surface area contributed by atoms with Crippen LogP contribution in [0.15, 0.2) is 28.7 Å². The van der Waals surface area contributed by atoms with Gasteiger partial charge in [-0.1, -0.05) is 12.1 Å². The number of nitrogens with zero attached hydrogens (tertiary/aromatic N) is 1. The van der Waals surface area contributed by atoms with Crippen molar-refractivity contribution in [3.63, 3.8) is 0 Å². The lowest BCUT2D eigenvalue weighted by Crippen LogP contribution is -2.51. The van der Waals surface area contributed by atoms with E-state index in [1.807, 2.05) is 12.3 Å². The molecule has 0 aliphatic carbocycles. The first kappa shape index (κ1) is 21.8. The van der Waals surface area contributed by atoms with Gasteiger partial charge in [-0.3, -0.25) is 14.4 Å². The zero-order valence-electron chi connectivity index (χ0n) is 15.6. The highest BCUT2D eigenvalue weighted by Gasteiger charge is 2.32. The standard InChI is InChI=1S/C19H25BrN2O4S/c1-26-19(25)13-7-10-22(11-8-13)18(24)16(9-12-27-2)21-17(23)14-5-3-4-6-15(14)20/h3-6,13,16H,7-12H2,1-2H3,(H,21,23). The summed E-state index contributed by atoms with van der Waals surface area (Å²) < 4.78 is 5.48. The minimum absolute atomic E-state index is 0.0900. The molecule has 1 atom stereocenters. The molecule has 8 heteroatoms. The summed E-state index contributed by atoms with van der Waals surface area (Å²) in [5.41, 5.74) is 0.504. The molecule has 0 radical (unpaired) electrons. The summed E-state index contributed by atoms with van der Waals surface area (Å²) >= 11 is 5.01. The zero-order chi connectivity index (χ0) is 19.8. The van der Waals surface area contributed by atoms with Crippen molar-refractivity contribution >= 4 is 45.5 Å². The highest BCUT2D eigenvalue weighted by Crippen LogP contribution is 2.20. The average Bonchev–Trinajstić information content (AvgIpc) is 2.70. The number of rotatable bonds is 7. The first-order chi connectivity index (χ1) is 13.0. The van der Waals surface area contributed by atoms with Gasteiger partial charge in [0.05, 0.1) is 18.6 Å². The van der Waals surface area contributed by atoms with E-state index in [-0.39, 0.29) is 23.7 Å². The van der Waals surface area contributed by atoms with Crippen LogP contribution in [0.25, 0.3) is 0 Å². The van der Waals surface area contributed by atoms with Crippen molar-refractivity contribution in [3.05, 3.63) is 34.3 Å². The number of esters is 1. The minimum Gasteiger partial charge on any atom is -0.469 e. The second-order valence-corrected chi connectivity index (χ2v) is 8.25. The quantitative estimate of drug-likeness (QED) is 0.638. The highest BCUT2D eigenvalue weighted by molar-refractivity contribution is 9.10. The Morgan fingerprint density at radius 2 is 1.96 bits per heavy atom. The van der Waals surface area contributed by atoms with Crippen LogP contribution in [0.4, 0.5) is 0 Å². The van der Waals surface area contributed by atoms with Gasteiger partial charge in [-0.15, -0.1) is 0 Å². The molecule has 0 saturated carbocycles. The second kappa shape index (κ2) is 10.7. The van der Waals surface area contributed by atoms with Gasteiger partial charge in [0.1, 0.15) is 6.04 Å². The molecule has 1 heterocycles. The Balaban J connectivity index is 2.03. The SMILES string of the molecule is COC(=O)C1CCN(C(=O)C(CCSC)NC(=O)c2ccccc2Br)CC1. The Labute approximate surface area is 172 Å². The Hall–Kier alpha value is -1.54. The molecule has 0 aromatic heterocycles. The molecule has 0 bridgehead atoms. The first-order valence-electron chi connectivity index (χ1n) is 8.88. The molecule has 1 aliphatic rings. The minimum atomic E-state index is -0.577. The van der Waals surface area contributed by atoms with Crippen molar-refractivity contribution in [1.82, 2.24) is 10.2 Å². The third kappa shape index (κ3) is 5.97. The van der Waals surface area contributed by atoms with Crippen molar-refractivity contribution in [2.75, 3.05) is 32.2 Å². The number of amides is 2. The molecular weight excluding hydrogens is 432 g/mol. The molecule has 1 aromatic rings. The fraction of sp³-hybridized carbons (Fsp3) is 0.526. The number of hydrogen-bond acceptors (Lipinski definition) is 5. The third-order valence-corrected chi connectivity index (χ3v) is 6.01. The van der Waals surface area contributed by atoms with Gasteiger partial charge in [-0.2, -0.15) is 11.8 Å². The van der Waals surface area contributed by atoms with Gasteiger partial charge in [0.2, 0.25) is 5.91 Å². The van der Waals surface area contributed by atoms with E-state index < -0.39 is 6.04 Å². The molecule has 1 aliphatic heterocycles. The molecule has 1 fully saturated rings. The number of hydrogen-bond donors (Lipinski definition) is 1. The van der Waals surface area contributed by atoms with Crippen molar-refractivity contribution in [1.29, 1.82) is 0 Å². The van der Waals surface area contributed by atoms with Crippen LogP contribution in [-0.4, -0.2) is 60.9 Å². The van der Waals surface area contributed by atoms with Crippen LogP contribution in [0, 0.1) is 5.92 Å². The lowest BCUT2D eigenvalue weighted by Gasteiger charge is -2.33. The molecule has 2 rings (SSSR count). The summed E-state index contributed by atoms with van der Waals surface area (Å²) in [4.78, 5) is 39.0. The van der Waals surface area contributed by atoms with Crippen molar-refractivity contribution in [3.8, 4) is 0 Å². The van der Waals surface area contributed by atoms with Crippen LogP contribution in [0.2, 0.25) is 0 Å². The van der Waals surface area contributed by atoms with E-state index in [4.69, 9.17) is 4.74 Å². The molecule has 1 unspecified atom stereocenters. The smallest absolute Gasteiger partial charge is 0.308 e. The molecule has 0 spiro atoms. The monoisotopic (exact) mass is 456 g/mol. The van der Waals surface area contributed by atoms with E-state index in [9.17, 15) is 14.4 Å². The normalized spacial score (nSPS) is 15.9. The summed E-state index contributed by atoms with van der Waals surface area (Å²) in [5.74, 6) is 0.0339. The van der Waals surface area contributed by atoms with Crippen LogP contribution in [0.3, 0.4) is 0 Å². The van der Waals surface area contributed by atoms with Gasteiger partial charge in [0.25, 0.3) is 5.91 Å². The first-order valence-corrected chi connectivity index (χ1v) is 11.1. The van der Waals surface area contributed by atoms with Crippen molar-refractivity contribution in [2.45, 2.75) is 25.3 Å². The highest BCUT2D eigenvalue weighted by atomic mass is 79.9. The number of likely N-dealkylation sites (tertiary alicyclic amines) is 1. The Kier molecular flexibility index (Phi) is 8.63. The van der Waals surface area contributed by atoms with Crippen LogP contribution < -0.4 is 5.32 Å². The molecule has 148 valence electrons. The third-order valence-electron chi connectivity index (χ3n) is 4.67. The number of benzene rings is 1. The second-order valence-electron chi connectivity index (χ2n) is 6.41. The van der Waals surface area contributed by atoms with E-state index in [0.29, 0.717) is 42.4 Å². The number of ether oxygens (including phenoxy) is 1. The van der Waals surface area contributed by atoms with Gasteiger partial charge in [-0.05, 0) is 59.3 Å². The maximum atomic E-state index is 13.0. The van der Waals surface area contributed by atoms with E-state index in [1.54, 1.807) is 34.9 Å². The maximum absolute atomic E-state index is 13.0. The number of methoxy groups -OCH3 is 1. The molecule has 1 N–H and O–H groups in total.